The number of carbonyl (C=O) groups is 1. The van der Waals surface area contributed by atoms with E-state index in [1.807, 2.05) is 6.92 Å². The maximum atomic E-state index is 11.7. The van der Waals surface area contributed by atoms with Crippen molar-refractivity contribution < 1.29 is 19.8 Å². The second kappa shape index (κ2) is 9.41. The van der Waals surface area contributed by atoms with Crippen LogP contribution in [0, 0.1) is 17.3 Å². The highest BCUT2D eigenvalue weighted by molar-refractivity contribution is 5.62. The molecule has 4 fully saturated rings. The van der Waals surface area contributed by atoms with Crippen LogP contribution in [0.2, 0.25) is 0 Å². The molecule has 0 spiro atoms. The Labute approximate surface area is 199 Å². The molecule has 7 atom stereocenters. The van der Waals surface area contributed by atoms with E-state index in [2.05, 4.69) is 44.6 Å². The maximum Gasteiger partial charge on any atom is 0.153 e. The molecule has 0 aromatic carbocycles. The van der Waals surface area contributed by atoms with Crippen LogP contribution in [-0.2, 0) is 9.63 Å². The number of hydrogen-bond acceptors (Lipinski definition) is 5. The van der Waals surface area contributed by atoms with Crippen LogP contribution >= 0.6 is 0 Å². The molecule has 184 valence electrons. The monoisotopic (exact) mass is 457 g/mol. The molecule has 3 unspecified atom stereocenters. The van der Waals surface area contributed by atoms with Gasteiger partial charge < -0.3 is 15.0 Å². The molecule has 33 heavy (non-hydrogen) atoms. The smallest absolute Gasteiger partial charge is 0.153 e. The Morgan fingerprint density at radius 1 is 1.24 bits per heavy atom. The number of nitrogens with zero attached hydrogens (tertiary/aromatic N) is 1. The van der Waals surface area contributed by atoms with Gasteiger partial charge in [0.05, 0.1) is 12.2 Å². The molecule has 0 radical (unpaired) electrons. The lowest BCUT2D eigenvalue weighted by molar-refractivity contribution is -0.211. The van der Waals surface area contributed by atoms with E-state index >= 15 is 0 Å². The van der Waals surface area contributed by atoms with Crippen molar-refractivity contribution in [1.29, 1.82) is 0 Å². The molecular formula is C28H43NO4. The van der Waals surface area contributed by atoms with Crippen LogP contribution in [0.4, 0.5) is 0 Å². The first kappa shape index (κ1) is 24.8. The first-order chi connectivity index (χ1) is 15.6. The minimum absolute atomic E-state index is 0.254. The van der Waals surface area contributed by atoms with Gasteiger partial charge in [-0.3, -0.25) is 4.84 Å². The van der Waals surface area contributed by atoms with E-state index in [0.717, 1.165) is 36.7 Å². The van der Waals surface area contributed by atoms with Crippen LogP contribution in [-0.4, -0.2) is 51.5 Å². The Hall–Kier alpha value is -1.27. The second-order valence-electron chi connectivity index (χ2n) is 11.8. The van der Waals surface area contributed by atoms with Crippen LogP contribution in [0.5, 0.6) is 0 Å². The van der Waals surface area contributed by atoms with Gasteiger partial charge in [-0.2, -0.15) is 5.06 Å². The van der Waals surface area contributed by atoms with Crippen molar-refractivity contribution >= 4 is 6.29 Å². The third-order valence-electron chi connectivity index (χ3n) is 9.05. The van der Waals surface area contributed by atoms with E-state index < -0.39 is 17.8 Å². The largest absolute Gasteiger partial charge is 0.393 e. The minimum atomic E-state index is -0.699. The lowest BCUT2D eigenvalue weighted by Gasteiger charge is -2.43. The highest BCUT2D eigenvalue weighted by atomic mass is 16.7. The first-order valence-corrected chi connectivity index (χ1v) is 12.9. The summed E-state index contributed by atoms with van der Waals surface area (Å²) in [5.74, 6) is 1.20. The number of aldehydes is 1. The van der Waals surface area contributed by atoms with Gasteiger partial charge in [-0.15, -0.1) is 0 Å². The predicted molar refractivity (Wildman–Crippen MR) is 130 cm³/mol. The fourth-order valence-corrected chi connectivity index (χ4v) is 7.22. The van der Waals surface area contributed by atoms with Crippen molar-refractivity contribution in [2.75, 3.05) is 0 Å². The molecule has 0 aromatic heterocycles. The quantitative estimate of drug-likeness (QED) is 0.575. The lowest BCUT2D eigenvalue weighted by atomic mass is 9.62. The number of allylic oxidation sites excluding steroid dienone is 3. The van der Waals surface area contributed by atoms with Gasteiger partial charge in [0.15, 0.2) is 6.29 Å². The summed E-state index contributed by atoms with van der Waals surface area (Å²) in [4.78, 5) is 17.8. The van der Waals surface area contributed by atoms with Gasteiger partial charge in [0, 0.05) is 24.9 Å². The summed E-state index contributed by atoms with van der Waals surface area (Å²) in [6.07, 6.45) is 13.1. The van der Waals surface area contributed by atoms with E-state index in [4.69, 9.17) is 4.84 Å². The van der Waals surface area contributed by atoms with Gasteiger partial charge in [-0.25, -0.2) is 0 Å². The van der Waals surface area contributed by atoms with Crippen molar-refractivity contribution in [3.05, 3.63) is 35.5 Å². The molecule has 3 aliphatic carbocycles. The SMILES string of the molecule is C=C1/C(=C\C=C2/CCC[C@]3(C)C(CC4CC(C)(C=O)ON4C(C)C)CC[C@@H]23)C[C@@H](O)C[C@@H]1O. The fourth-order valence-electron chi connectivity index (χ4n) is 7.22. The summed E-state index contributed by atoms with van der Waals surface area (Å²) in [6, 6.07) is 0.537. The van der Waals surface area contributed by atoms with E-state index in [-0.39, 0.29) is 17.5 Å². The molecule has 4 rings (SSSR count). The summed E-state index contributed by atoms with van der Waals surface area (Å²) in [5, 5.41) is 22.3. The molecule has 1 saturated heterocycles. The number of hydrogen-bond donors (Lipinski definition) is 2. The third kappa shape index (κ3) is 4.80. The topological polar surface area (TPSA) is 70.0 Å². The van der Waals surface area contributed by atoms with Crippen molar-refractivity contribution in [1.82, 2.24) is 5.06 Å². The zero-order valence-corrected chi connectivity index (χ0v) is 20.9. The normalized spacial score (nSPS) is 44.7. The molecule has 1 aliphatic heterocycles. The first-order valence-electron chi connectivity index (χ1n) is 12.9. The van der Waals surface area contributed by atoms with E-state index in [1.54, 1.807) is 0 Å². The summed E-state index contributed by atoms with van der Waals surface area (Å²) in [5.41, 5.74) is 2.83. The average molecular weight is 458 g/mol. The number of aliphatic hydroxyl groups is 2. The van der Waals surface area contributed by atoms with Gasteiger partial charge in [-0.05, 0) is 94.1 Å². The van der Waals surface area contributed by atoms with Crippen molar-refractivity contribution in [2.24, 2.45) is 17.3 Å². The number of rotatable bonds is 5. The van der Waals surface area contributed by atoms with Crippen LogP contribution in [0.3, 0.4) is 0 Å². The average Bonchev–Trinajstić information content (AvgIpc) is 3.27. The van der Waals surface area contributed by atoms with Crippen molar-refractivity contribution in [2.45, 2.75) is 115 Å². The number of carbonyl (C=O) groups excluding carboxylic acids is 1. The van der Waals surface area contributed by atoms with Gasteiger partial charge in [0.2, 0.25) is 0 Å². The Morgan fingerprint density at radius 3 is 2.70 bits per heavy atom. The lowest BCUT2D eigenvalue weighted by Crippen LogP contribution is -2.40. The number of aliphatic hydroxyl groups excluding tert-OH is 2. The molecule has 4 aliphatic rings. The molecular weight excluding hydrogens is 414 g/mol. The van der Waals surface area contributed by atoms with Crippen LogP contribution in [0.15, 0.2) is 35.5 Å². The standard InChI is InChI=1S/C28H43NO4/c1-18(2)29-23(16-27(4,17-30)33-29)14-22-10-11-25-20(7-6-12-28(22,25)5)8-9-21-13-24(31)15-26(32)19(21)3/h8-9,17-18,22-26,31-32H,3,6-7,10-16H2,1-2,4-5H3/b20-8+,21-9-/t22?,23?,24-,25+,26+,27?,28-/m1/s1. The Morgan fingerprint density at radius 2 is 2.00 bits per heavy atom. The summed E-state index contributed by atoms with van der Waals surface area (Å²) in [7, 11) is 0. The molecule has 1 heterocycles. The van der Waals surface area contributed by atoms with Gasteiger partial charge in [0.1, 0.15) is 5.60 Å². The number of hydroxylamine groups is 2. The molecule has 5 heteroatoms. The van der Waals surface area contributed by atoms with E-state index in [0.29, 0.717) is 24.7 Å². The van der Waals surface area contributed by atoms with E-state index in [9.17, 15) is 15.0 Å². The molecule has 0 bridgehead atoms. The van der Waals surface area contributed by atoms with Gasteiger partial charge >= 0.3 is 0 Å². The summed E-state index contributed by atoms with van der Waals surface area (Å²) in [6.45, 7) is 12.7. The van der Waals surface area contributed by atoms with Crippen molar-refractivity contribution in [3.63, 3.8) is 0 Å². The maximum absolute atomic E-state index is 11.7. The summed E-state index contributed by atoms with van der Waals surface area (Å²) >= 11 is 0. The molecule has 5 nitrogen and oxygen atoms in total. The van der Waals surface area contributed by atoms with Gasteiger partial charge in [-0.1, -0.05) is 31.2 Å². The van der Waals surface area contributed by atoms with Crippen LogP contribution < -0.4 is 0 Å². The number of fused-ring (bicyclic) bond motifs is 1. The highest BCUT2D eigenvalue weighted by Crippen LogP contribution is 2.59. The van der Waals surface area contributed by atoms with Crippen LogP contribution in [0.25, 0.3) is 0 Å². The zero-order valence-electron chi connectivity index (χ0n) is 20.9. The van der Waals surface area contributed by atoms with Crippen molar-refractivity contribution in [3.8, 4) is 0 Å². The Balaban J connectivity index is 1.51. The Kier molecular flexibility index (Phi) is 7.08. The fraction of sp³-hybridized carbons (Fsp3) is 0.750. The van der Waals surface area contributed by atoms with Crippen LogP contribution in [0.1, 0.15) is 85.5 Å². The van der Waals surface area contributed by atoms with E-state index in [1.165, 1.54) is 31.3 Å². The molecule has 2 N–H and O–H groups in total. The minimum Gasteiger partial charge on any atom is -0.393 e. The Bertz CT molecular complexity index is 832. The summed E-state index contributed by atoms with van der Waals surface area (Å²) < 4.78 is 0. The molecule has 3 saturated carbocycles. The predicted octanol–water partition coefficient (Wildman–Crippen LogP) is 4.89. The molecule has 0 amide bonds. The second-order valence-corrected chi connectivity index (χ2v) is 11.8. The highest BCUT2D eigenvalue weighted by Gasteiger charge is 2.52. The van der Waals surface area contributed by atoms with Gasteiger partial charge in [0.25, 0.3) is 0 Å². The third-order valence-corrected chi connectivity index (χ3v) is 9.05. The zero-order chi connectivity index (χ0) is 24.0. The molecule has 0 aromatic rings.